The smallest absolute Gasteiger partial charge is 0.197 e. The summed E-state index contributed by atoms with van der Waals surface area (Å²) in [6.45, 7) is 1.17. The van der Waals surface area contributed by atoms with E-state index in [4.69, 9.17) is 0 Å². The van der Waals surface area contributed by atoms with Crippen LogP contribution in [0.3, 0.4) is 0 Å². The van der Waals surface area contributed by atoms with Crippen LogP contribution in [0, 0.1) is 0 Å². The van der Waals surface area contributed by atoms with Gasteiger partial charge in [0.2, 0.25) is 0 Å². The number of imidazole rings is 1. The van der Waals surface area contributed by atoms with Gasteiger partial charge in [0.05, 0.1) is 11.7 Å². The fourth-order valence-corrected chi connectivity index (χ4v) is 2.85. The summed E-state index contributed by atoms with van der Waals surface area (Å²) in [6.07, 6.45) is 6.55. The van der Waals surface area contributed by atoms with Crippen LogP contribution in [0.25, 0.3) is 5.52 Å². The predicted molar refractivity (Wildman–Crippen MR) is 70.8 cm³/mol. The average Bonchev–Trinajstić information content (AvgIpc) is 2.77. The number of aromatic hydroxyl groups is 1. The summed E-state index contributed by atoms with van der Waals surface area (Å²) < 4.78 is 1.85. The van der Waals surface area contributed by atoms with Gasteiger partial charge in [-0.25, -0.2) is 4.98 Å². The molecule has 2 aromatic rings. The van der Waals surface area contributed by atoms with E-state index in [0.29, 0.717) is 6.04 Å². The second kappa shape index (κ2) is 4.61. The molecule has 4 nitrogen and oxygen atoms in total. The monoisotopic (exact) mass is 245 g/mol. The number of pyridine rings is 1. The molecule has 1 aliphatic heterocycles. The molecule has 0 spiro atoms. The van der Waals surface area contributed by atoms with Gasteiger partial charge in [0, 0.05) is 12.5 Å². The lowest BCUT2D eigenvalue weighted by molar-refractivity contribution is 0.182. The molecule has 1 saturated heterocycles. The summed E-state index contributed by atoms with van der Waals surface area (Å²) in [5.41, 5.74) is 0.962. The van der Waals surface area contributed by atoms with Gasteiger partial charge in [-0.3, -0.25) is 4.40 Å². The second-order valence-electron chi connectivity index (χ2n) is 5.15. The molecule has 1 aliphatic rings. The first kappa shape index (κ1) is 11.5. The molecule has 3 rings (SSSR count). The Kier molecular flexibility index (Phi) is 2.96. The Hall–Kier alpha value is -1.55. The number of hydrogen-bond acceptors (Lipinski definition) is 3. The van der Waals surface area contributed by atoms with Crippen LogP contribution in [-0.4, -0.2) is 39.0 Å². The summed E-state index contributed by atoms with van der Waals surface area (Å²) in [5.74, 6) is 1.24. The van der Waals surface area contributed by atoms with Crippen molar-refractivity contribution >= 4 is 5.52 Å². The van der Waals surface area contributed by atoms with Gasteiger partial charge in [-0.05, 0) is 38.6 Å². The van der Waals surface area contributed by atoms with Gasteiger partial charge in [-0.2, -0.15) is 0 Å². The second-order valence-corrected chi connectivity index (χ2v) is 5.15. The van der Waals surface area contributed by atoms with Crippen LogP contribution >= 0.6 is 0 Å². The van der Waals surface area contributed by atoms with Crippen molar-refractivity contribution in [2.75, 3.05) is 13.6 Å². The van der Waals surface area contributed by atoms with Crippen LogP contribution in [0.5, 0.6) is 5.88 Å². The van der Waals surface area contributed by atoms with Gasteiger partial charge >= 0.3 is 0 Å². The third-order valence-electron chi connectivity index (χ3n) is 3.94. The maximum atomic E-state index is 9.95. The van der Waals surface area contributed by atoms with E-state index in [0.717, 1.165) is 17.8 Å². The van der Waals surface area contributed by atoms with Crippen molar-refractivity contribution in [3.63, 3.8) is 0 Å². The Bertz CT molecular complexity index is 549. The van der Waals surface area contributed by atoms with Gasteiger partial charge in [-0.15, -0.1) is 0 Å². The first-order chi connectivity index (χ1) is 8.75. The first-order valence-electron chi connectivity index (χ1n) is 6.60. The summed E-state index contributed by atoms with van der Waals surface area (Å²) >= 11 is 0. The maximum absolute atomic E-state index is 9.95. The number of rotatable bonds is 2. The number of aromatic nitrogens is 2. The summed E-state index contributed by atoms with van der Waals surface area (Å²) in [4.78, 5) is 6.87. The Balaban J connectivity index is 1.90. The molecular formula is C14H19N3O. The molecule has 18 heavy (non-hydrogen) atoms. The molecule has 0 aromatic carbocycles. The van der Waals surface area contributed by atoms with Gasteiger partial charge in [-0.1, -0.05) is 12.5 Å². The molecule has 1 N–H and O–H groups in total. The molecule has 3 heterocycles. The Labute approximate surface area is 107 Å². The number of hydrogen-bond donors (Lipinski definition) is 1. The standard InChI is InChI=1S/C14H19N3O/c1-16-8-3-2-5-11(16)9-13-15-10-12-6-4-7-14(18)17(12)13/h4,6-7,10-11,18H,2-3,5,8-9H2,1H3. The van der Waals surface area contributed by atoms with Crippen molar-refractivity contribution in [1.82, 2.24) is 14.3 Å². The molecule has 0 bridgehead atoms. The van der Waals surface area contributed by atoms with Gasteiger partial charge < -0.3 is 10.0 Å². The molecule has 0 aliphatic carbocycles. The van der Waals surface area contributed by atoms with Crippen LogP contribution in [-0.2, 0) is 6.42 Å². The highest BCUT2D eigenvalue weighted by Gasteiger charge is 2.21. The third kappa shape index (κ3) is 1.97. The Morgan fingerprint density at radius 3 is 3.11 bits per heavy atom. The van der Waals surface area contributed by atoms with Crippen molar-refractivity contribution in [2.24, 2.45) is 0 Å². The minimum absolute atomic E-state index is 0.276. The van der Waals surface area contributed by atoms with Crippen LogP contribution in [0.2, 0.25) is 0 Å². The zero-order chi connectivity index (χ0) is 12.5. The highest BCUT2D eigenvalue weighted by Crippen LogP contribution is 2.21. The van der Waals surface area contributed by atoms with Crippen molar-refractivity contribution < 1.29 is 5.11 Å². The Morgan fingerprint density at radius 2 is 2.28 bits per heavy atom. The van der Waals surface area contributed by atoms with E-state index >= 15 is 0 Å². The van der Waals surface area contributed by atoms with Gasteiger partial charge in [0.1, 0.15) is 5.82 Å². The van der Waals surface area contributed by atoms with Gasteiger partial charge in [0.15, 0.2) is 5.88 Å². The van der Waals surface area contributed by atoms with E-state index in [9.17, 15) is 5.11 Å². The summed E-state index contributed by atoms with van der Waals surface area (Å²) in [5, 5.41) is 9.95. The molecule has 0 saturated carbocycles. The van der Waals surface area contributed by atoms with Crippen molar-refractivity contribution in [3.8, 4) is 5.88 Å². The maximum Gasteiger partial charge on any atom is 0.197 e. The molecule has 96 valence electrons. The third-order valence-corrected chi connectivity index (χ3v) is 3.94. The van der Waals surface area contributed by atoms with Gasteiger partial charge in [0.25, 0.3) is 0 Å². The van der Waals surface area contributed by atoms with E-state index in [-0.39, 0.29) is 5.88 Å². The molecule has 0 amide bonds. The number of fused-ring (bicyclic) bond motifs is 1. The van der Waals surface area contributed by atoms with Crippen LogP contribution in [0.1, 0.15) is 25.1 Å². The van der Waals surface area contributed by atoms with E-state index in [2.05, 4.69) is 16.9 Å². The minimum atomic E-state index is 0.276. The lowest BCUT2D eigenvalue weighted by Crippen LogP contribution is -2.38. The van der Waals surface area contributed by atoms with E-state index < -0.39 is 0 Å². The molecule has 1 unspecified atom stereocenters. The van der Waals surface area contributed by atoms with E-state index in [1.807, 2.05) is 22.7 Å². The largest absolute Gasteiger partial charge is 0.494 e. The fraction of sp³-hybridized carbons (Fsp3) is 0.500. The van der Waals surface area contributed by atoms with E-state index in [1.165, 1.54) is 25.8 Å². The highest BCUT2D eigenvalue weighted by molar-refractivity contribution is 5.48. The molecule has 1 fully saturated rings. The average molecular weight is 245 g/mol. The quantitative estimate of drug-likeness (QED) is 0.880. The Morgan fingerprint density at radius 1 is 1.39 bits per heavy atom. The topological polar surface area (TPSA) is 40.8 Å². The fourth-order valence-electron chi connectivity index (χ4n) is 2.85. The molecule has 2 aromatic heterocycles. The zero-order valence-corrected chi connectivity index (χ0v) is 10.7. The minimum Gasteiger partial charge on any atom is -0.494 e. The van der Waals surface area contributed by atoms with E-state index in [1.54, 1.807) is 6.07 Å². The predicted octanol–water partition coefficient (Wildman–Crippen LogP) is 2.07. The molecule has 0 radical (unpaired) electrons. The van der Waals surface area contributed by atoms with Crippen molar-refractivity contribution in [3.05, 3.63) is 30.2 Å². The highest BCUT2D eigenvalue weighted by atomic mass is 16.3. The van der Waals surface area contributed by atoms with Crippen LogP contribution < -0.4 is 0 Å². The number of nitrogens with zero attached hydrogens (tertiary/aromatic N) is 3. The number of piperidine rings is 1. The summed E-state index contributed by atoms with van der Waals surface area (Å²) in [6, 6.07) is 6.08. The molecule has 1 atom stereocenters. The number of likely N-dealkylation sites (tertiary alicyclic amines) is 1. The normalized spacial score (nSPS) is 21.5. The van der Waals surface area contributed by atoms with Crippen molar-refractivity contribution in [2.45, 2.75) is 31.7 Å². The van der Waals surface area contributed by atoms with Crippen LogP contribution in [0.15, 0.2) is 24.4 Å². The SMILES string of the molecule is CN1CCCCC1Cc1ncc2cccc(O)n12. The van der Waals surface area contributed by atoms with Crippen LogP contribution in [0.4, 0.5) is 0 Å². The lowest BCUT2D eigenvalue weighted by Gasteiger charge is -2.32. The zero-order valence-electron chi connectivity index (χ0n) is 10.7. The molecular weight excluding hydrogens is 226 g/mol. The first-order valence-corrected chi connectivity index (χ1v) is 6.60. The summed E-state index contributed by atoms with van der Waals surface area (Å²) in [7, 11) is 2.18. The number of likely N-dealkylation sites (N-methyl/N-ethyl adjacent to an activating group) is 1. The lowest BCUT2D eigenvalue weighted by atomic mass is 10.00. The molecule has 4 heteroatoms. The van der Waals surface area contributed by atoms with Crippen molar-refractivity contribution in [1.29, 1.82) is 0 Å².